The van der Waals surface area contributed by atoms with Crippen LogP contribution in [0.2, 0.25) is 0 Å². The molecular formula is C11H11F2N3O3. The maximum absolute atomic E-state index is 13.6. The summed E-state index contributed by atoms with van der Waals surface area (Å²) >= 11 is 0. The van der Waals surface area contributed by atoms with Crippen LogP contribution in [0.3, 0.4) is 0 Å². The van der Waals surface area contributed by atoms with Gasteiger partial charge in [0.15, 0.2) is 11.6 Å². The number of nitrogens with two attached hydrogens (primary N) is 1. The zero-order chi connectivity index (χ0) is 14.0. The van der Waals surface area contributed by atoms with Crippen molar-refractivity contribution in [3.8, 4) is 22.9 Å². The molecule has 2 rings (SSSR count). The van der Waals surface area contributed by atoms with Crippen LogP contribution in [0.4, 0.5) is 8.78 Å². The first-order chi connectivity index (χ1) is 9.12. The second kappa shape index (κ2) is 5.19. The summed E-state index contributed by atoms with van der Waals surface area (Å²) in [6.45, 7) is 0.0378. The molecule has 0 saturated heterocycles. The Morgan fingerprint density at radius 2 is 1.95 bits per heavy atom. The standard InChI is InChI=1S/C11H11F2N3O3/c1-17-9-5(11-15-7(4-14)19-16-11)3-6(12)8(13)10(9)18-2/h3H,4,14H2,1-2H3. The van der Waals surface area contributed by atoms with Gasteiger partial charge in [0.25, 0.3) is 0 Å². The molecule has 0 bridgehead atoms. The van der Waals surface area contributed by atoms with E-state index >= 15 is 0 Å². The highest BCUT2D eigenvalue weighted by Gasteiger charge is 2.23. The summed E-state index contributed by atoms with van der Waals surface area (Å²) in [5, 5.41) is 3.62. The molecule has 0 saturated carbocycles. The van der Waals surface area contributed by atoms with Crippen LogP contribution in [0.1, 0.15) is 5.89 Å². The maximum Gasteiger partial charge on any atom is 0.240 e. The number of methoxy groups -OCH3 is 2. The highest BCUT2D eigenvalue weighted by atomic mass is 19.2. The van der Waals surface area contributed by atoms with Gasteiger partial charge in [-0.1, -0.05) is 5.16 Å². The Morgan fingerprint density at radius 3 is 2.47 bits per heavy atom. The lowest BCUT2D eigenvalue weighted by Crippen LogP contribution is -2.00. The minimum Gasteiger partial charge on any atom is -0.492 e. The lowest BCUT2D eigenvalue weighted by atomic mass is 10.1. The molecule has 0 amide bonds. The largest absolute Gasteiger partial charge is 0.492 e. The third kappa shape index (κ3) is 2.22. The number of hydrogen-bond acceptors (Lipinski definition) is 6. The van der Waals surface area contributed by atoms with Gasteiger partial charge in [-0.25, -0.2) is 4.39 Å². The van der Waals surface area contributed by atoms with Gasteiger partial charge in [-0.3, -0.25) is 0 Å². The first-order valence-corrected chi connectivity index (χ1v) is 5.25. The van der Waals surface area contributed by atoms with E-state index in [0.717, 1.165) is 6.07 Å². The minimum absolute atomic E-state index is 0.0224. The molecule has 1 aromatic carbocycles. The molecule has 6 nitrogen and oxygen atoms in total. The predicted molar refractivity (Wildman–Crippen MR) is 60.6 cm³/mol. The fourth-order valence-corrected chi connectivity index (χ4v) is 1.58. The molecule has 0 aliphatic heterocycles. The fourth-order valence-electron chi connectivity index (χ4n) is 1.58. The first kappa shape index (κ1) is 13.2. The van der Waals surface area contributed by atoms with Crippen LogP contribution >= 0.6 is 0 Å². The van der Waals surface area contributed by atoms with Crippen LogP contribution in [0.5, 0.6) is 11.5 Å². The van der Waals surface area contributed by atoms with Crippen LogP contribution in [-0.4, -0.2) is 24.4 Å². The van der Waals surface area contributed by atoms with Gasteiger partial charge in [-0.15, -0.1) is 0 Å². The van der Waals surface area contributed by atoms with E-state index in [1.807, 2.05) is 0 Å². The highest BCUT2D eigenvalue weighted by Crippen LogP contribution is 2.40. The fraction of sp³-hybridized carbons (Fsp3) is 0.273. The third-order valence-electron chi connectivity index (χ3n) is 2.42. The summed E-state index contributed by atoms with van der Waals surface area (Å²) in [4.78, 5) is 3.93. The lowest BCUT2D eigenvalue weighted by molar-refractivity contribution is 0.329. The normalized spacial score (nSPS) is 10.6. The molecule has 0 fully saturated rings. The van der Waals surface area contributed by atoms with Crippen molar-refractivity contribution in [2.75, 3.05) is 14.2 Å². The van der Waals surface area contributed by atoms with Gasteiger partial charge in [0, 0.05) is 0 Å². The number of ether oxygens (including phenoxy) is 2. The molecule has 0 radical (unpaired) electrons. The van der Waals surface area contributed by atoms with Gasteiger partial charge in [-0.2, -0.15) is 9.37 Å². The average Bonchev–Trinajstić information content (AvgIpc) is 2.89. The SMILES string of the molecule is COc1c(-c2noc(CN)n2)cc(F)c(F)c1OC. The summed E-state index contributed by atoms with van der Waals surface area (Å²) in [5.74, 6) is -2.44. The van der Waals surface area contributed by atoms with Crippen LogP contribution in [0, 0.1) is 11.6 Å². The topological polar surface area (TPSA) is 83.4 Å². The van der Waals surface area contributed by atoms with E-state index in [4.69, 9.17) is 19.7 Å². The van der Waals surface area contributed by atoms with Gasteiger partial charge in [0.05, 0.1) is 26.3 Å². The van der Waals surface area contributed by atoms with Gasteiger partial charge in [0.1, 0.15) is 0 Å². The molecule has 19 heavy (non-hydrogen) atoms. The molecule has 2 aromatic rings. The van der Waals surface area contributed by atoms with E-state index in [9.17, 15) is 8.78 Å². The van der Waals surface area contributed by atoms with E-state index in [1.54, 1.807) is 0 Å². The Morgan fingerprint density at radius 1 is 1.26 bits per heavy atom. The number of benzene rings is 1. The minimum atomic E-state index is -1.15. The summed E-state index contributed by atoms with van der Waals surface area (Å²) in [7, 11) is 2.49. The van der Waals surface area contributed by atoms with E-state index in [0.29, 0.717) is 0 Å². The molecule has 1 heterocycles. The molecule has 0 unspecified atom stereocenters. The van der Waals surface area contributed by atoms with Gasteiger partial charge < -0.3 is 19.7 Å². The molecule has 8 heteroatoms. The molecule has 2 N–H and O–H groups in total. The Labute approximate surface area is 107 Å². The van der Waals surface area contributed by atoms with Crippen molar-refractivity contribution in [2.45, 2.75) is 6.54 Å². The molecule has 0 atom stereocenters. The number of rotatable bonds is 4. The van der Waals surface area contributed by atoms with Crippen LogP contribution in [0.15, 0.2) is 10.6 Å². The van der Waals surface area contributed by atoms with E-state index in [1.165, 1.54) is 14.2 Å². The van der Waals surface area contributed by atoms with Crippen molar-refractivity contribution < 1.29 is 22.8 Å². The molecule has 1 aromatic heterocycles. The lowest BCUT2D eigenvalue weighted by Gasteiger charge is -2.11. The van der Waals surface area contributed by atoms with E-state index in [2.05, 4.69) is 10.1 Å². The first-order valence-electron chi connectivity index (χ1n) is 5.25. The Balaban J connectivity index is 2.65. The van der Waals surface area contributed by atoms with Crippen molar-refractivity contribution >= 4 is 0 Å². The van der Waals surface area contributed by atoms with Crippen molar-refractivity contribution in [3.05, 3.63) is 23.6 Å². The third-order valence-corrected chi connectivity index (χ3v) is 2.42. The van der Waals surface area contributed by atoms with Gasteiger partial charge in [-0.05, 0) is 6.07 Å². The van der Waals surface area contributed by atoms with Crippen molar-refractivity contribution in [1.29, 1.82) is 0 Å². The Kier molecular flexibility index (Phi) is 3.61. The van der Waals surface area contributed by atoms with Crippen molar-refractivity contribution in [3.63, 3.8) is 0 Å². The summed E-state index contributed by atoms with van der Waals surface area (Å²) in [6, 6.07) is 0.905. The summed E-state index contributed by atoms with van der Waals surface area (Å²) in [6.07, 6.45) is 0. The van der Waals surface area contributed by atoms with E-state index < -0.39 is 11.6 Å². The zero-order valence-electron chi connectivity index (χ0n) is 10.2. The molecule has 0 aliphatic rings. The molecule has 0 aliphatic carbocycles. The number of halogens is 2. The Bertz CT molecular complexity index is 601. The van der Waals surface area contributed by atoms with Crippen LogP contribution in [-0.2, 0) is 6.54 Å². The number of nitrogens with zero attached hydrogens (tertiary/aromatic N) is 2. The molecule has 0 spiro atoms. The predicted octanol–water partition coefficient (Wildman–Crippen LogP) is 1.49. The Hall–Kier alpha value is -2.22. The summed E-state index contributed by atoms with van der Waals surface area (Å²) in [5.41, 5.74) is 5.45. The van der Waals surface area contributed by atoms with Crippen molar-refractivity contribution in [1.82, 2.24) is 10.1 Å². The second-order valence-electron chi connectivity index (χ2n) is 3.50. The van der Waals surface area contributed by atoms with E-state index in [-0.39, 0.29) is 35.3 Å². The van der Waals surface area contributed by atoms with Crippen LogP contribution in [0.25, 0.3) is 11.4 Å². The molecular weight excluding hydrogens is 260 g/mol. The van der Waals surface area contributed by atoms with Gasteiger partial charge >= 0.3 is 0 Å². The van der Waals surface area contributed by atoms with Gasteiger partial charge in [0.2, 0.25) is 23.3 Å². The van der Waals surface area contributed by atoms with Crippen molar-refractivity contribution in [2.24, 2.45) is 5.73 Å². The quantitative estimate of drug-likeness (QED) is 0.907. The number of aromatic nitrogens is 2. The summed E-state index contributed by atoms with van der Waals surface area (Å²) < 4.78 is 41.7. The highest BCUT2D eigenvalue weighted by molar-refractivity contribution is 5.69. The zero-order valence-corrected chi connectivity index (χ0v) is 10.2. The second-order valence-corrected chi connectivity index (χ2v) is 3.50. The monoisotopic (exact) mass is 271 g/mol. The number of hydrogen-bond donors (Lipinski definition) is 1. The molecule has 102 valence electrons. The maximum atomic E-state index is 13.6. The van der Waals surface area contributed by atoms with Crippen LogP contribution < -0.4 is 15.2 Å². The average molecular weight is 271 g/mol. The smallest absolute Gasteiger partial charge is 0.240 e.